The summed E-state index contributed by atoms with van der Waals surface area (Å²) in [6.45, 7) is 2.10. The molecule has 2 aromatic heterocycles. The zero-order chi connectivity index (χ0) is 16.1. The highest BCUT2D eigenvalue weighted by Gasteiger charge is 2.14. The van der Waals surface area contributed by atoms with E-state index in [1.54, 1.807) is 41.6 Å². The van der Waals surface area contributed by atoms with Crippen LogP contribution >= 0.6 is 0 Å². The van der Waals surface area contributed by atoms with E-state index in [1.165, 1.54) is 5.56 Å². The van der Waals surface area contributed by atoms with Crippen LogP contribution in [0, 0.1) is 0 Å². The van der Waals surface area contributed by atoms with E-state index >= 15 is 0 Å². The quantitative estimate of drug-likeness (QED) is 0.347. The second-order valence-corrected chi connectivity index (χ2v) is 4.85. The molecule has 6 nitrogen and oxygen atoms in total. The van der Waals surface area contributed by atoms with Crippen LogP contribution in [0.4, 0.5) is 0 Å². The van der Waals surface area contributed by atoms with Crippen LogP contribution in [-0.2, 0) is 6.42 Å². The van der Waals surface area contributed by atoms with Crippen molar-refractivity contribution in [2.45, 2.75) is 13.3 Å². The third-order valence-electron chi connectivity index (χ3n) is 3.40. The number of ether oxygens (including phenoxy) is 1. The summed E-state index contributed by atoms with van der Waals surface area (Å²) in [4.78, 5) is 8.21. The van der Waals surface area contributed by atoms with Crippen LogP contribution in [0.1, 0.15) is 18.1 Å². The zero-order valence-electron chi connectivity index (χ0n) is 12.6. The zero-order valence-corrected chi connectivity index (χ0v) is 12.6. The highest BCUT2D eigenvalue weighted by molar-refractivity contribution is 6.01. The minimum atomic E-state index is 0.288. The van der Waals surface area contributed by atoms with E-state index in [9.17, 15) is 5.21 Å². The molecular weight excluding hydrogens is 292 g/mol. The van der Waals surface area contributed by atoms with Crippen LogP contribution in [0.15, 0.2) is 66.5 Å². The summed E-state index contributed by atoms with van der Waals surface area (Å²) in [7, 11) is 0. The number of nitrogens with zero attached hydrogens (tertiary/aromatic N) is 4. The van der Waals surface area contributed by atoms with Crippen molar-refractivity contribution in [3.05, 3.63) is 72.4 Å². The van der Waals surface area contributed by atoms with Gasteiger partial charge in [-0.15, -0.1) is 0 Å². The summed E-state index contributed by atoms with van der Waals surface area (Å²) < 4.78 is 7.44. The number of aromatic nitrogens is 3. The number of pyridine rings is 1. The maximum Gasteiger partial charge on any atom is 0.230 e. The number of hydrogen-bond donors (Lipinski definition) is 1. The standard InChI is InChI=1S/C17H16N4O2/c1-2-13-5-7-14(8-6-13)23-17-15(4-3-9-19-17)16(20-22)21-11-10-18-12-21/h3-12,22H,2H2,1H3/b20-16-. The summed E-state index contributed by atoms with van der Waals surface area (Å²) in [5, 5.41) is 12.7. The van der Waals surface area contributed by atoms with Gasteiger partial charge in [0.1, 0.15) is 12.1 Å². The molecule has 0 aliphatic heterocycles. The van der Waals surface area contributed by atoms with Crippen molar-refractivity contribution in [1.82, 2.24) is 14.5 Å². The monoisotopic (exact) mass is 308 g/mol. The average Bonchev–Trinajstić information content (AvgIpc) is 3.12. The first-order valence-corrected chi connectivity index (χ1v) is 7.24. The van der Waals surface area contributed by atoms with Gasteiger partial charge in [-0.25, -0.2) is 9.97 Å². The molecule has 0 saturated heterocycles. The van der Waals surface area contributed by atoms with Crippen molar-refractivity contribution in [2.75, 3.05) is 0 Å². The van der Waals surface area contributed by atoms with Crippen LogP contribution in [0.25, 0.3) is 0 Å². The number of benzene rings is 1. The van der Waals surface area contributed by atoms with Gasteiger partial charge in [-0.2, -0.15) is 0 Å². The Labute approximate surface area is 133 Å². The summed E-state index contributed by atoms with van der Waals surface area (Å²) in [5.74, 6) is 1.32. The van der Waals surface area contributed by atoms with Crippen molar-refractivity contribution in [3.8, 4) is 11.6 Å². The lowest BCUT2D eigenvalue weighted by Crippen LogP contribution is -2.13. The third kappa shape index (κ3) is 3.21. The SMILES string of the molecule is CCc1ccc(Oc2ncccc2/C(=N/O)n2ccnc2)cc1. The Hall–Kier alpha value is -3.15. The fraction of sp³-hybridized carbons (Fsp3) is 0.118. The van der Waals surface area contributed by atoms with E-state index in [0.717, 1.165) is 6.42 Å². The average molecular weight is 308 g/mol. The molecule has 1 N–H and O–H groups in total. The second-order valence-electron chi connectivity index (χ2n) is 4.85. The van der Waals surface area contributed by atoms with Gasteiger partial charge in [0.05, 0.1) is 5.56 Å². The molecule has 1 aromatic carbocycles. The van der Waals surface area contributed by atoms with Gasteiger partial charge in [-0.1, -0.05) is 24.2 Å². The predicted octanol–water partition coefficient (Wildman–Crippen LogP) is 3.32. The highest BCUT2D eigenvalue weighted by Crippen LogP contribution is 2.24. The van der Waals surface area contributed by atoms with E-state index in [4.69, 9.17) is 4.74 Å². The van der Waals surface area contributed by atoms with Crippen LogP contribution in [0.5, 0.6) is 11.6 Å². The van der Waals surface area contributed by atoms with Crippen LogP contribution in [0.3, 0.4) is 0 Å². The molecule has 0 atom stereocenters. The van der Waals surface area contributed by atoms with Crippen LogP contribution in [0.2, 0.25) is 0 Å². The molecule has 0 amide bonds. The summed E-state index contributed by atoms with van der Waals surface area (Å²) in [6.07, 6.45) is 7.43. The van der Waals surface area contributed by atoms with Gasteiger partial charge in [0.25, 0.3) is 0 Å². The normalized spacial score (nSPS) is 11.4. The highest BCUT2D eigenvalue weighted by atomic mass is 16.5. The predicted molar refractivity (Wildman–Crippen MR) is 86.1 cm³/mol. The summed E-state index contributed by atoms with van der Waals surface area (Å²) in [6, 6.07) is 11.3. The van der Waals surface area contributed by atoms with Crippen molar-refractivity contribution in [3.63, 3.8) is 0 Å². The molecule has 6 heteroatoms. The van der Waals surface area contributed by atoms with E-state index in [-0.39, 0.29) is 5.84 Å². The second kappa shape index (κ2) is 6.74. The van der Waals surface area contributed by atoms with Crippen molar-refractivity contribution < 1.29 is 9.94 Å². The molecule has 0 aliphatic rings. The number of aryl methyl sites for hydroxylation is 1. The molecule has 0 unspecified atom stereocenters. The molecule has 0 aliphatic carbocycles. The molecule has 0 fully saturated rings. The maximum absolute atomic E-state index is 9.37. The Morgan fingerprint density at radius 1 is 1.22 bits per heavy atom. The maximum atomic E-state index is 9.37. The Kier molecular flexibility index (Phi) is 4.33. The van der Waals surface area contributed by atoms with Crippen molar-refractivity contribution >= 4 is 5.84 Å². The Balaban J connectivity index is 1.94. The molecule has 0 bridgehead atoms. The summed E-state index contributed by atoms with van der Waals surface area (Å²) >= 11 is 0. The minimum absolute atomic E-state index is 0.288. The number of oxime groups is 1. The lowest BCUT2D eigenvalue weighted by molar-refractivity contribution is 0.317. The Bertz CT molecular complexity index is 796. The largest absolute Gasteiger partial charge is 0.438 e. The minimum Gasteiger partial charge on any atom is -0.438 e. The van der Waals surface area contributed by atoms with Crippen molar-refractivity contribution in [2.24, 2.45) is 5.16 Å². The molecule has 0 saturated carbocycles. The van der Waals surface area contributed by atoms with Gasteiger partial charge in [0, 0.05) is 18.6 Å². The first-order chi connectivity index (χ1) is 11.3. The Morgan fingerprint density at radius 2 is 2.04 bits per heavy atom. The first kappa shape index (κ1) is 14.8. The van der Waals surface area contributed by atoms with E-state index in [0.29, 0.717) is 17.2 Å². The molecule has 2 heterocycles. The topological polar surface area (TPSA) is 72.5 Å². The summed E-state index contributed by atoms with van der Waals surface area (Å²) in [5.41, 5.74) is 1.79. The molecule has 116 valence electrons. The van der Waals surface area contributed by atoms with E-state index in [1.807, 2.05) is 24.3 Å². The number of rotatable bonds is 4. The van der Waals surface area contributed by atoms with Gasteiger partial charge < -0.3 is 9.94 Å². The van der Waals surface area contributed by atoms with Gasteiger partial charge in [0.2, 0.25) is 5.88 Å². The van der Waals surface area contributed by atoms with Gasteiger partial charge in [-0.05, 0) is 36.2 Å². The third-order valence-corrected chi connectivity index (χ3v) is 3.40. The number of hydrogen-bond acceptors (Lipinski definition) is 5. The fourth-order valence-corrected chi connectivity index (χ4v) is 2.18. The smallest absolute Gasteiger partial charge is 0.230 e. The molecule has 23 heavy (non-hydrogen) atoms. The first-order valence-electron chi connectivity index (χ1n) is 7.24. The molecule has 3 rings (SSSR count). The van der Waals surface area contributed by atoms with E-state index in [2.05, 4.69) is 22.0 Å². The molecular formula is C17H16N4O2. The Morgan fingerprint density at radius 3 is 2.70 bits per heavy atom. The van der Waals surface area contributed by atoms with Crippen LogP contribution < -0.4 is 4.74 Å². The van der Waals surface area contributed by atoms with Gasteiger partial charge >= 0.3 is 0 Å². The van der Waals surface area contributed by atoms with E-state index < -0.39 is 0 Å². The van der Waals surface area contributed by atoms with Crippen LogP contribution in [-0.4, -0.2) is 25.6 Å². The fourth-order valence-electron chi connectivity index (χ4n) is 2.18. The molecule has 0 radical (unpaired) electrons. The lowest BCUT2D eigenvalue weighted by atomic mass is 10.2. The lowest BCUT2D eigenvalue weighted by Gasteiger charge is -2.11. The number of imidazole rings is 1. The van der Waals surface area contributed by atoms with Gasteiger partial charge in [0.15, 0.2) is 5.84 Å². The van der Waals surface area contributed by atoms with Gasteiger partial charge in [-0.3, -0.25) is 4.57 Å². The molecule has 0 spiro atoms. The molecule has 3 aromatic rings. The van der Waals surface area contributed by atoms with Crippen molar-refractivity contribution in [1.29, 1.82) is 0 Å².